The largest absolute Gasteiger partial charge is 0.456 e. The summed E-state index contributed by atoms with van der Waals surface area (Å²) in [5.41, 5.74) is 8.82. The molecule has 3 heterocycles. The Balaban J connectivity index is 1.48. The summed E-state index contributed by atoms with van der Waals surface area (Å²) in [6.45, 7) is 0. The predicted octanol–water partition coefficient (Wildman–Crippen LogP) is 5.71. The van der Waals surface area contributed by atoms with E-state index in [2.05, 4.69) is 10.3 Å². The number of anilines is 2. The molecule has 5 aromatic rings. The molecule has 0 unspecified atom stereocenters. The van der Waals surface area contributed by atoms with Crippen LogP contribution in [0.15, 0.2) is 77.3 Å². The standard InChI is InChI=1S/C24H15F2N3O2/c25-17-4-2-1-3-15(17)16-6-5-14(12-18(16)26)29-24(30)23-20-8-7-19(31-20)22(23)13-9-10-28-21(27)11-13/h1-12H,(H2,27,28)(H,29,30). The summed E-state index contributed by atoms with van der Waals surface area (Å²) in [5.74, 6) is -1.32. The zero-order chi connectivity index (χ0) is 21.5. The maximum atomic E-state index is 14.7. The summed E-state index contributed by atoms with van der Waals surface area (Å²) in [4.78, 5) is 17.0. The Morgan fingerprint density at radius 2 is 1.68 bits per heavy atom. The maximum absolute atomic E-state index is 14.7. The summed E-state index contributed by atoms with van der Waals surface area (Å²) in [6.07, 6.45) is 1.55. The molecule has 2 bridgehead atoms. The molecule has 0 radical (unpaired) electrons. The molecule has 0 aliphatic rings. The van der Waals surface area contributed by atoms with Gasteiger partial charge in [-0.3, -0.25) is 4.79 Å². The van der Waals surface area contributed by atoms with Crippen LogP contribution in [0.25, 0.3) is 33.4 Å². The Kier molecular flexibility index (Phi) is 4.36. The van der Waals surface area contributed by atoms with E-state index in [0.29, 0.717) is 33.7 Å². The molecule has 1 amide bonds. The van der Waals surface area contributed by atoms with Crippen LogP contribution in [0.3, 0.4) is 0 Å². The summed E-state index contributed by atoms with van der Waals surface area (Å²) in [6, 6.07) is 16.9. The molecule has 0 saturated heterocycles. The molecule has 0 fully saturated rings. The fourth-order valence-corrected chi connectivity index (χ4v) is 3.65. The lowest BCUT2D eigenvalue weighted by molar-refractivity contribution is 0.102. The van der Waals surface area contributed by atoms with Gasteiger partial charge in [-0.1, -0.05) is 18.2 Å². The van der Waals surface area contributed by atoms with Crippen molar-refractivity contribution in [3.05, 3.63) is 90.1 Å². The number of pyridine rings is 1. The minimum atomic E-state index is -0.648. The Morgan fingerprint density at radius 1 is 0.903 bits per heavy atom. The molecule has 0 atom stereocenters. The molecule has 5 rings (SSSR count). The van der Waals surface area contributed by atoms with Gasteiger partial charge in [-0.05, 0) is 54.1 Å². The van der Waals surface area contributed by atoms with Crippen molar-refractivity contribution in [2.75, 3.05) is 11.1 Å². The molecule has 7 heteroatoms. The number of hydrogen-bond donors (Lipinski definition) is 2. The lowest BCUT2D eigenvalue weighted by atomic mass is 9.99. The van der Waals surface area contributed by atoms with Crippen LogP contribution in [0.5, 0.6) is 0 Å². The van der Waals surface area contributed by atoms with Gasteiger partial charge in [-0.15, -0.1) is 0 Å². The second-order valence-electron chi connectivity index (χ2n) is 7.01. The van der Waals surface area contributed by atoms with E-state index >= 15 is 0 Å². The van der Waals surface area contributed by atoms with Crippen LogP contribution in [0.2, 0.25) is 0 Å². The van der Waals surface area contributed by atoms with Gasteiger partial charge in [-0.2, -0.15) is 0 Å². The second-order valence-corrected chi connectivity index (χ2v) is 7.01. The predicted molar refractivity (Wildman–Crippen MR) is 115 cm³/mol. The number of benzene rings is 3. The van der Waals surface area contributed by atoms with Crippen LogP contribution < -0.4 is 11.1 Å². The molecule has 0 aliphatic heterocycles. The van der Waals surface area contributed by atoms with E-state index in [-0.39, 0.29) is 16.8 Å². The van der Waals surface area contributed by atoms with Gasteiger partial charge in [0, 0.05) is 28.6 Å². The Bertz CT molecular complexity index is 1430. The first-order chi connectivity index (χ1) is 15.0. The number of furan rings is 2. The van der Waals surface area contributed by atoms with Crippen molar-refractivity contribution in [2.24, 2.45) is 0 Å². The van der Waals surface area contributed by atoms with Gasteiger partial charge >= 0.3 is 0 Å². The van der Waals surface area contributed by atoms with Crippen molar-refractivity contribution in [3.8, 4) is 22.3 Å². The van der Waals surface area contributed by atoms with Gasteiger partial charge in [-0.25, -0.2) is 13.8 Å². The van der Waals surface area contributed by atoms with E-state index in [9.17, 15) is 13.6 Å². The third-order valence-corrected chi connectivity index (χ3v) is 5.04. The van der Waals surface area contributed by atoms with E-state index < -0.39 is 17.5 Å². The molecular weight excluding hydrogens is 400 g/mol. The molecule has 2 aromatic carbocycles. The zero-order valence-corrected chi connectivity index (χ0v) is 16.0. The van der Waals surface area contributed by atoms with Gasteiger partial charge in [0.2, 0.25) is 0 Å². The smallest absolute Gasteiger partial charge is 0.260 e. The number of nitrogens with one attached hydrogen (secondary N) is 1. The van der Waals surface area contributed by atoms with E-state index in [1.807, 2.05) is 0 Å². The highest BCUT2D eigenvalue weighted by Gasteiger charge is 2.24. The number of nitrogens with zero attached hydrogens (tertiary/aromatic N) is 1. The van der Waals surface area contributed by atoms with Crippen LogP contribution in [0.4, 0.5) is 20.3 Å². The number of hydrogen-bond acceptors (Lipinski definition) is 4. The van der Waals surface area contributed by atoms with Gasteiger partial charge in [0.1, 0.15) is 28.6 Å². The molecule has 0 aliphatic carbocycles. The van der Waals surface area contributed by atoms with E-state index in [1.165, 1.54) is 30.3 Å². The molecule has 3 aromatic heterocycles. The second kappa shape index (κ2) is 7.21. The topological polar surface area (TPSA) is 81.2 Å². The first-order valence-electron chi connectivity index (χ1n) is 9.44. The number of fused-ring (bicyclic) bond motifs is 2. The normalized spacial score (nSPS) is 11.2. The lowest BCUT2D eigenvalue weighted by Crippen LogP contribution is -2.13. The van der Waals surface area contributed by atoms with Crippen molar-refractivity contribution in [1.29, 1.82) is 0 Å². The average molecular weight is 415 g/mol. The number of carbonyl (C=O) groups is 1. The Morgan fingerprint density at radius 3 is 2.45 bits per heavy atom. The minimum absolute atomic E-state index is 0.111. The molecular formula is C24H15F2N3O2. The maximum Gasteiger partial charge on any atom is 0.260 e. The summed E-state index contributed by atoms with van der Waals surface area (Å²) < 4.78 is 34.4. The van der Waals surface area contributed by atoms with E-state index in [1.54, 1.807) is 36.5 Å². The summed E-state index contributed by atoms with van der Waals surface area (Å²) >= 11 is 0. The van der Waals surface area contributed by atoms with Gasteiger partial charge in [0.25, 0.3) is 5.91 Å². The molecule has 0 spiro atoms. The average Bonchev–Trinajstić information content (AvgIpc) is 3.36. The highest BCUT2D eigenvalue weighted by atomic mass is 19.1. The van der Waals surface area contributed by atoms with Crippen LogP contribution in [0, 0.1) is 11.6 Å². The van der Waals surface area contributed by atoms with Crippen molar-refractivity contribution in [1.82, 2.24) is 4.98 Å². The summed E-state index contributed by atoms with van der Waals surface area (Å²) in [5, 5.41) is 2.69. The SMILES string of the molecule is Nc1cc(-c2c(C(=O)Nc3ccc(-c4ccccc4F)c(F)c3)c3ccc2o3)ccn1. The first kappa shape index (κ1) is 18.7. The van der Waals surface area contributed by atoms with Crippen molar-refractivity contribution >= 4 is 28.6 Å². The van der Waals surface area contributed by atoms with Crippen molar-refractivity contribution in [3.63, 3.8) is 0 Å². The van der Waals surface area contributed by atoms with Crippen molar-refractivity contribution in [2.45, 2.75) is 0 Å². The van der Waals surface area contributed by atoms with E-state index in [0.717, 1.165) is 6.07 Å². The Hall–Kier alpha value is -4.26. The van der Waals surface area contributed by atoms with Gasteiger partial charge < -0.3 is 15.5 Å². The Labute approximate surface area is 175 Å². The highest BCUT2D eigenvalue weighted by Crippen LogP contribution is 2.38. The fourth-order valence-electron chi connectivity index (χ4n) is 3.65. The lowest BCUT2D eigenvalue weighted by Gasteiger charge is -2.10. The summed E-state index contributed by atoms with van der Waals surface area (Å²) in [7, 11) is 0. The van der Waals surface area contributed by atoms with Crippen molar-refractivity contribution < 1.29 is 18.0 Å². The highest BCUT2D eigenvalue weighted by molar-refractivity contribution is 6.16. The van der Waals surface area contributed by atoms with Gasteiger partial charge in [0.15, 0.2) is 0 Å². The van der Waals surface area contributed by atoms with E-state index in [4.69, 9.17) is 10.2 Å². The van der Waals surface area contributed by atoms with Crippen LogP contribution >= 0.6 is 0 Å². The number of aromatic nitrogens is 1. The zero-order valence-electron chi connectivity index (χ0n) is 16.0. The minimum Gasteiger partial charge on any atom is -0.456 e. The third-order valence-electron chi connectivity index (χ3n) is 5.04. The van der Waals surface area contributed by atoms with Crippen LogP contribution in [-0.4, -0.2) is 10.9 Å². The third kappa shape index (κ3) is 3.26. The van der Waals surface area contributed by atoms with Gasteiger partial charge in [0.05, 0.1) is 5.56 Å². The number of halogens is 2. The number of rotatable bonds is 4. The number of nitrogens with two attached hydrogens (primary N) is 1. The number of amides is 1. The molecule has 0 saturated carbocycles. The molecule has 31 heavy (non-hydrogen) atoms. The number of carbonyl (C=O) groups excluding carboxylic acids is 1. The molecule has 3 N–H and O–H groups in total. The molecule has 5 nitrogen and oxygen atoms in total. The van der Waals surface area contributed by atoms with Crippen LogP contribution in [-0.2, 0) is 0 Å². The monoisotopic (exact) mass is 415 g/mol. The van der Waals surface area contributed by atoms with Crippen LogP contribution in [0.1, 0.15) is 10.4 Å². The quantitative estimate of drug-likeness (QED) is 0.394. The molecule has 152 valence electrons. The fraction of sp³-hybridized carbons (Fsp3) is 0. The number of nitrogen functional groups attached to an aromatic ring is 1. The first-order valence-corrected chi connectivity index (χ1v) is 9.44.